The molecule has 1 fully saturated rings. The molecule has 1 aromatic rings. The summed E-state index contributed by atoms with van der Waals surface area (Å²) in [5.41, 5.74) is 0.969. The number of nitrogens with one attached hydrogen (secondary N) is 1. The maximum absolute atomic E-state index is 4.28. The molecule has 4 heteroatoms. The van der Waals surface area contributed by atoms with Gasteiger partial charge in [-0.1, -0.05) is 0 Å². The zero-order chi connectivity index (χ0) is 11.4. The lowest BCUT2D eigenvalue weighted by Gasteiger charge is -2.24. The van der Waals surface area contributed by atoms with Gasteiger partial charge in [0.15, 0.2) is 0 Å². The Hall–Kier alpha value is -1.16. The van der Waals surface area contributed by atoms with Crippen molar-refractivity contribution in [2.45, 2.75) is 32.7 Å². The molecular formula is C12H20N4. The molecule has 2 heterocycles. The van der Waals surface area contributed by atoms with Crippen molar-refractivity contribution < 1.29 is 0 Å². The lowest BCUT2D eigenvalue weighted by Crippen LogP contribution is -2.35. The van der Waals surface area contributed by atoms with Crippen molar-refractivity contribution in [2.75, 3.05) is 25.0 Å². The zero-order valence-corrected chi connectivity index (χ0v) is 10.1. The largest absolute Gasteiger partial charge is 0.367 e. The third-order valence-electron chi connectivity index (χ3n) is 3.21. The minimum atomic E-state index is 0.573. The molecule has 0 radical (unpaired) electrons. The molecule has 1 unspecified atom stereocenters. The first-order valence-electron chi connectivity index (χ1n) is 6.03. The van der Waals surface area contributed by atoms with E-state index < -0.39 is 0 Å². The monoisotopic (exact) mass is 220 g/mol. The van der Waals surface area contributed by atoms with Crippen molar-refractivity contribution in [3.05, 3.63) is 18.1 Å². The Bertz CT molecular complexity index is 334. The maximum atomic E-state index is 4.28. The fraction of sp³-hybridized carbons (Fsp3) is 0.667. The fourth-order valence-corrected chi connectivity index (χ4v) is 2.14. The van der Waals surface area contributed by atoms with Gasteiger partial charge in [0.05, 0.1) is 5.69 Å². The summed E-state index contributed by atoms with van der Waals surface area (Å²) in [7, 11) is 0. The van der Waals surface area contributed by atoms with E-state index in [9.17, 15) is 0 Å². The number of rotatable bonds is 4. The molecule has 88 valence electrons. The van der Waals surface area contributed by atoms with Gasteiger partial charge in [0.1, 0.15) is 5.82 Å². The van der Waals surface area contributed by atoms with Crippen molar-refractivity contribution in [1.82, 2.24) is 14.9 Å². The second-order valence-corrected chi connectivity index (χ2v) is 4.46. The number of aryl methyl sites for hydroxylation is 1. The Morgan fingerprint density at radius 2 is 2.00 bits per heavy atom. The van der Waals surface area contributed by atoms with Gasteiger partial charge in [-0.15, -0.1) is 0 Å². The minimum absolute atomic E-state index is 0.573. The highest BCUT2D eigenvalue weighted by molar-refractivity contribution is 5.38. The molecule has 1 aliphatic heterocycles. The minimum Gasteiger partial charge on any atom is -0.367 e. The van der Waals surface area contributed by atoms with Crippen LogP contribution in [0.15, 0.2) is 12.4 Å². The Morgan fingerprint density at radius 3 is 2.69 bits per heavy atom. The number of aromatic nitrogens is 2. The molecular weight excluding hydrogens is 200 g/mol. The van der Waals surface area contributed by atoms with E-state index in [0.29, 0.717) is 6.04 Å². The van der Waals surface area contributed by atoms with Crippen LogP contribution in [0.25, 0.3) is 0 Å². The third-order valence-corrected chi connectivity index (χ3v) is 3.21. The van der Waals surface area contributed by atoms with Gasteiger partial charge in [-0.2, -0.15) is 0 Å². The normalized spacial score (nSPS) is 18.6. The second kappa shape index (κ2) is 5.25. The SMILES string of the molecule is Cc1nccnc1NCC(C)N1CCCC1. The highest BCUT2D eigenvalue weighted by Crippen LogP contribution is 2.12. The quantitative estimate of drug-likeness (QED) is 0.838. The van der Waals surface area contributed by atoms with Gasteiger partial charge in [0.25, 0.3) is 0 Å². The predicted molar refractivity (Wildman–Crippen MR) is 65.5 cm³/mol. The molecule has 1 saturated heterocycles. The van der Waals surface area contributed by atoms with Crippen molar-refractivity contribution in [3.8, 4) is 0 Å². The van der Waals surface area contributed by atoms with Crippen LogP contribution in [0, 0.1) is 6.92 Å². The summed E-state index contributed by atoms with van der Waals surface area (Å²) in [5.74, 6) is 0.911. The Kier molecular flexibility index (Phi) is 3.72. The van der Waals surface area contributed by atoms with Crippen LogP contribution in [-0.4, -0.2) is 40.5 Å². The van der Waals surface area contributed by atoms with Crippen LogP contribution in [0.2, 0.25) is 0 Å². The zero-order valence-electron chi connectivity index (χ0n) is 10.1. The van der Waals surface area contributed by atoms with Gasteiger partial charge in [0.2, 0.25) is 0 Å². The number of anilines is 1. The van der Waals surface area contributed by atoms with Crippen LogP contribution in [0.3, 0.4) is 0 Å². The summed E-state index contributed by atoms with van der Waals surface area (Å²) in [6, 6.07) is 0.573. The van der Waals surface area contributed by atoms with Crippen molar-refractivity contribution >= 4 is 5.82 Å². The van der Waals surface area contributed by atoms with Crippen LogP contribution in [0.1, 0.15) is 25.5 Å². The van der Waals surface area contributed by atoms with Crippen LogP contribution in [-0.2, 0) is 0 Å². The lowest BCUT2D eigenvalue weighted by molar-refractivity contribution is 0.269. The summed E-state index contributed by atoms with van der Waals surface area (Å²) >= 11 is 0. The molecule has 0 spiro atoms. The smallest absolute Gasteiger partial charge is 0.147 e. The molecule has 0 aliphatic carbocycles. The van der Waals surface area contributed by atoms with Crippen LogP contribution in [0.5, 0.6) is 0 Å². The van der Waals surface area contributed by atoms with Crippen molar-refractivity contribution in [3.63, 3.8) is 0 Å². The molecule has 1 atom stereocenters. The molecule has 0 aromatic carbocycles. The van der Waals surface area contributed by atoms with Gasteiger partial charge >= 0.3 is 0 Å². The lowest BCUT2D eigenvalue weighted by atomic mass is 10.3. The molecule has 4 nitrogen and oxygen atoms in total. The first-order valence-corrected chi connectivity index (χ1v) is 6.03. The summed E-state index contributed by atoms with van der Waals surface area (Å²) < 4.78 is 0. The Labute approximate surface area is 97.1 Å². The van der Waals surface area contributed by atoms with Crippen LogP contribution < -0.4 is 5.32 Å². The van der Waals surface area contributed by atoms with E-state index in [1.807, 2.05) is 6.92 Å². The molecule has 0 bridgehead atoms. The van der Waals surface area contributed by atoms with Crippen LogP contribution >= 0.6 is 0 Å². The van der Waals surface area contributed by atoms with Crippen LogP contribution in [0.4, 0.5) is 5.82 Å². The van der Waals surface area contributed by atoms with E-state index in [2.05, 4.69) is 27.1 Å². The first-order chi connectivity index (χ1) is 7.77. The average molecular weight is 220 g/mol. The molecule has 2 rings (SSSR count). The van der Waals surface area contributed by atoms with E-state index >= 15 is 0 Å². The number of hydrogen-bond acceptors (Lipinski definition) is 4. The van der Waals surface area contributed by atoms with E-state index in [1.165, 1.54) is 25.9 Å². The van der Waals surface area contributed by atoms with E-state index in [1.54, 1.807) is 12.4 Å². The highest BCUT2D eigenvalue weighted by Gasteiger charge is 2.17. The first kappa shape index (κ1) is 11.3. The van der Waals surface area contributed by atoms with Gasteiger partial charge < -0.3 is 5.32 Å². The standard InChI is InChI=1S/C12H20N4/c1-10(16-7-3-4-8-16)9-15-12-11(2)13-5-6-14-12/h5-6,10H,3-4,7-9H2,1-2H3,(H,14,15). The van der Waals surface area contributed by atoms with E-state index in [-0.39, 0.29) is 0 Å². The Morgan fingerprint density at radius 1 is 1.31 bits per heavy atom. The highest BCUT2D eigenvalue weighted by atomic mass is 15.2. The molecule has 0 saturated carbocycles. The molecule has 1 N–H and O–H groups in total. The van der Waals surface area contributed by atoms with E-state index in [0.717, 1.165) is 18.1 Å². The Balaban J connectivity index is 1.84. The van der Waals surface area contributed by atoms with Crippen molar-refractivity contribution in [1.29, 1.82) is 0 Å². The number of hydrogen-bond donors (Lipinski definition) is 1. The van der Waals surface area contributed by atoms with Crippen molar-refractivity contribution in [2.24, 2.45) is 0 Å². The number of nitrogens with zero attached hydrogens (tertiary/aromatic N) is 3. The topological polar surface area (TPSA) is 41.1 Å². The summed E-state index contributed by atoms with van der Waals surface area (Å²) in [6.45, 7) is 7.67. The molecule has 16 heavy (non-hydrogen) atoms. The fourth-order valence-electron chi connectivity index (χ4n) is 2.14. The average Bonchev–Trinajstić information content (AvgIpc) is 2.81. The van der Waals surface area contributed by atoms with Gasteiger partial charge in [-0.25, -0.2) is 4.98 Å². The predicted octanol–water partition coefficient (Wildman–Crippen LogP) is 1.68. The summed E-state index contributed by atoms with van der Waals surface area (Å²) in [6.07, 6.45) is 6.14. The number of likely N-dealkylation sites (tertiary alicyclic amines) is 1. The summed E-state index contributed by atoms with van der Waals surface area (Å²) in [4.78, 5) is 11.0. The molecule has 0 amide bonds. The molecule has 1 aromatic heterocycles. The molecule has 1 aliphatic rings. The summed E-state index contributed by atoms with van der Waals surface area (Å²) in [5, 5.41) is 3.37. The van der Waals surface area contributed by atoms with Gasteiger partial charge in [-0.3, -0.25) is 9.88 Å². The van der Waals surface area contributed by atoms with E-state index in [4.69, 9.17) is 0 Å². The third kappa shape index (κ3) is 2.70. The van der Waals surface area contributed by atoms with Gasteiger partial charge in [-0.05, 0) is 39.8 Å². The second-order valence-electron chi connectivity index (χ2n) is 4.46. The maximum Gasteiger partial charge on any atom is 0.147 e. The van der Waals surface area contributed by atoms with Gasteiger partial charge in [0, 0.05) is 25.0 Å².